The lowest BCUT2D eigenvalue weighted by Gasteiger charge is -2.25. The van der Waals surface area contributed by atoms with Gasteiger partial charge in [0.1, 0.15) is 5.75 Å². The van der Waals surface area contributed by atoms with Crippen molar-refractivity contribution in [3.05, 3.63) is 58.6 Å². The zero-order valence-electron chi connectivity index (χ0n) is 14.1. The van der Waals surface area contributed by atoms with Crippen molar-refractivity contribution in [1.29, 1.82) is 0 Å². The number of hydrogen-bond acceptors (Lipinski definition) is 4. The number of aliphatic hydroxyl groups excluding tert-OH is 1. The van der Waals surface area contributed by atoms with Gasteiger partial charge in [0.25, 0.3) is 0 Å². The van der Waals surface area contributed by atoms with E-state index in [0.717, 1.165) is 28.1 Å². The summed E-state index contributed by atoms with van der Waals surface area (Å²) >= 11 is 6.01. The van der Waals surface area contributed by atoms with Gasteiger partial charge in [-0.3, -0.25) is 4.79 Å². The highest BCUT2D eigenvalue weighted by Crippen LogP contribution is 2.35. The summed E-state index contributed by atoms with van der Waals surface area (Å²) in [6, 6.07) is 11.1. The fourth-order valence-electron chi connectivity index (χ4n) is 3.39. The molecule has 6 heteroatoms. The van der Waals surface area contributed by atoms with Gasteiger partial charge < -0.3 is 20.5 Å². The lowest BCUT2D eigenvalue weighted by Crippen LogP contribution is -2.28. The first kappa shape index (κ1) is 16.9. The van der Waals surface area contributed by atoms with Crippen molar-refractivity contribution in [1.82, 2.24) is 0 Å². The van der Waals surface area contributed by atoms with E-state index in [4.69, 9.17) is 16.3 Å². The van der Waals surface area contributed by atoms with Crippen LogP contribution in [0.1, 0.15) is 17.5 Å². The number of carbonyl (C=O) groups excluding carboxylic acids is 1. The number of benzene rings is 2. The molecule has 0 aliphatic carbocycles. The molecule has 2 aliphatic heterocycles. The number of hydrogen-bond donors (Lipinski definition) is 3. The Labute approximate surface area is 156 Å². The third-order valence-corrected chi connectivity index (χ3v) is 4.86. The first-order valence-corrected chi connectivity index (χ1v) is 8.96. The highest BCUT2D eigenvalue weighted by atomic mass is 35.5. The molecule has 1 amide bonds. The van der Waals surface area contributed by atoms with Crippen molar-refractivity contribution in [3.8, 4) is 5.75 Å². The molecular formula is C20H19ClN2O3. The van der Waals surface area contributed by atoms with Crippen LogP contribution in [-0.4, -0.2) is 30.3 Å². The van der Waals surface area contributed by atoms with Crippen molar-refractivity contribution in [2.45, 2.75) is 18.9 Å². The van der Waals surface area contributed by atoms with Crippen LogP contribution in [-0.2, 0) is 11.2 Å². The molecule has 26 heavy (non-hydrogen) atoms. The molecule has 4 rings (SSSR count). The van der Waals surface area contributed by atoms with Gasteiger partial charge in [-0.15, -0.1) is 0 Å². The molecule has 0 radical (unpaired) electrons. The molecule has 0 saturated heterocycles. The molecule has 3 N–H and O–H groups in total. The second-order valence-corrected chi connectivity index (χ2v) is 6.90. The Balaban J connectivity index is 1.58. The Hall–Kier alpha value is -2.50. The van der Waals surface area contributed by atoms with E-state index in [9.17, 15) is 9.90 Å². The average Bonchev–Trinajstić information content (AvgIpc) is 2.62. The summed E-state index contributed by atoms with van der Waals surface area (Å²) in [5, 5.41) is 16.6. The summed E-state index contributed by atoms with van der Waals surface area (Å²) in [5.41, 5.74) is 4.41. The zero-order chi connectivity index (χ0) is 18.1. The number of ether oxygens (including phenoxy) is 1. The lowest BCUT2D eigenvalue weighted by atomic mass is 9.98. The minimum Gasteiger partial charge on any atom is -0.493 e. The van der Waals surface area contributed by atoms with E-state index in [1.165, 1.54) is 0 Å². The minimum atomic E-state index is -0.453. The van der Waals surface area contributed by atoms with Crippen molar-refractivity contribution >= 4 is 34.5 Å². The van der Waals surface area contributed by atoms with Crippen molar-refractivity contribution in [2.75, 3.05) is 23.8 Å². The number of nitrogens with one attached hydrogen (secondary N) is 2. The SMILES string of the molecule is O=C(/C=C1\CCOc2cc(Cl)ccc21)Nc1cccc2c1CC(O)CN2. The first-order chi connectivity index (χ1) is 12.6. The van der Waals surface area contributed by atoms with E-state index >= 15 is 0 Å². The number of fused-ring (bicyclic) bond motifs is 2. The first-order valence-electron chi connectivity index (χ1n) is 8.58. The van der Waals surface area contributed by atoms with E-state index in [1.54, 1.807) is 18.2 Å². The number of β-amino-alcohol motifs (C(OH)–C–C–N with tert-alkyl or cyclic N) is 1. The van der Waals surface area contributed by atoms with Gasteiger partial charge in [0.15, 0.2) is 0 Å². The molecular weight excluding hydrogens is 352 g/mol. The van der Waals surface area contributed by atoms with Gasteiger partial charge in [0, 0.05) is 53.0 Å². The molecule has 2 aliphatic rings. The number of amides is 1. The quantitative estimate of drug-likeness (QED) is 0.708. The van der Waals surface area contributed by atoms with E-state index in [0.29, 0.717) is 36.8 Å². The maximum absolute atomic E-state index is 12.6. The van der Waals surface area contributed by atoms with Crippen LogP contribution in [0, 0.1) is 0 Å². The largest absolute Gasteiger partial charge is 0.493 e. The Morgan fingerprint density at radius 2 is 2.23 bits per heavy atom. The minimum absolute atomic E-state index is 0.198. The third-order valence-electron chi connectivity index (χ3n) is 4.63. The van der Waals surface area contributed by atoms with Crippen LogP contribution in [0.2, 0.25) is 5.02 Å². The van der Waals surface area contributed by atoms with Crippen molar-refractivity contribution in [3.63, 3.8) is 0 Å². The molecule has 0 bridgehead atoms. The summed E-state index contributed by atoms with van der Waals surface area (Å²) in [5.74, 6) is 0.503. The van der Waals surface area contributed by atoms with Crippen LogP contribution >= 0.6 is 11.6 Å². The Bertz CT molecular complexity index is 895. The van der Waals surface area contributed by atoms with Gasteiger partial charge in [-0.25, -0.2) is 0 Å². The second-order valence-electron chi connectivity index (χ2n) is 6.47. The molecule has 0 fully saturated rings. The van der Waals surface area contributed by atoms with E-state index in [1.807, 2.05) is 24.3 Å². The van der Waals surface area contributed by atoms with E-state index in [-0.39, 0.29) is 5.91 Å². The van der Waals surface area contributed by atoms with Gasteiger partial charge in [-0.1, -0.05) is 17.7 Å². The molecule has 0 aromatic heterocycles. The van der Waals surface area contributed by atoms with E-state index in [2.05, 4.69) is 10.6 Å². The Morgan fingerprint density at radius 1 is 1.35 bits per heavy atom. The topological polar surface area (TPSA) is 70.6 Å². The molecule has 2 aromatic rings. The number of rotatable bonds is 2. The Morgan fingerprint density at radius 3 is 3.12 bits per heavy atom. The lowest BCUT2D eigenvalue weighted by molar-refractivity contribution is -0.111. The summed E-state index contributed by atoms with van der Waals surface area (Å²) in [7, 11) is 0. The average molecular weight is 371 g/mol. The smallest absolute Gasteiger partial charge is 0.248 e. The zero-order valence-corrected chi connectivity index (χ0v) is 14.8. The van der Waals surface area contributed by atoms with Crippen LogP contribution < -0.4 is 15.4 Å². The normalized spacial score (nSPS) is 19.8. The van der Waals surface area contributed by atoms with Crippen LogP contribution in [0.15, 0.2) is 42.5 Å². The van der Waals surface area contributed by atoms with Crippen molar-refractivity contribution < 1.29 is 14.6 Å². The third kappa shape index (κ3) is 3.41. The number of carbonyl (C=O) groups is 1. The fraction of sp³-hybridized carbons (Fsp3) is 0.250. The van der Waals surface area contributed by atoms with Gasteiger partial charge in [0.05, 0.1) is 12.7 Å². The molecule has 0 saturated carbocycles. The van der Waals surface area contributed by atoms with Crippen LogP contribution in [0.3, 0.4) is 0 Å². The highest BCUT2D eigenvalue weighted by Gasteiger charge is 2.20. The molecule has 1 unspecified atom stereocenters. The van der Waals surface area contributed by atoms with Crippen LogP contribution in [0.4, 0.5) is 11.4 Å². The maximum Gasteiger partial charge on any atom is 0.248 e. The van der Waals surface area contributed by atoms with E-state index < -0.39 is 6.10 Å². The summed E-state index contributed by atoms with van der Waals surface area (Å²) in [6.07, 6.45) is 2.34. The van der Waals surface area contributed by atoms with Gasteiger partial charge in [-0.2, -0.15) is 0 Å². The Kier molecular flexibility index (Phi) is 4.57. The monoisotopic (exact) mass is 370 g/mol. The van der Waals surface area contributed by atoms with Gasteiger partial charge >= 0.3 is 0 Å². The van der Waals surface area contributed by atoms with Crippen molar-refractivity contribution in [2.24, 2.45) is 0 Å². The molecule has 2 heterocycles. The number of anilines is 2. The van der Waals surface area contributed by atoms with Crippen LogP contribution in [0.5, 0.6) is 5.75 Å². The second kappa shape index (κ2) is 7.02. The predicted octanol–water partition coefficient (Wildman–Crippen LogP) is 3.47. The number of halogens is 1. The molecule has 2 aromatic carbocycles. The number of aliphatic hydroxyl groups is 1. The standard InChI is InChI=1S/C20H19ClN2O3/c21-13-4-5-15-12(6-7-26-19(15)9-13)8-20(25)23-18-3-1-2-17-16(18)10-14(24)11-22-17/h1-5,8-9,14,22,24H,6-7,10-11H2,(H,23,25)/b12-8+. The van der Waals surface area contributed by atoms with Crippen LogP contribution in [0.25, 0.3) is 5.57 Å². The molecule has 0 spiro atoms. The molecule has 5 nitrogen and oxygen atoms in total. The highest BCUT2D eigenvalue weighted by molar-refractivity contribution is 6.30. The van der Waals surface area contributed by atoms with Gasteiger partial charge in [0.2, 0.25) is 5.91 Å². The molecule has 1 atom stereocenters. The molecule has 134 valence electrons. The fourth-order valence-corrected chi connectivity index (χ4v) is 3.55. The summed E-state index contributed by atoms with van der Waals surface area (Å²) in [4.78, 5) is 12.6. The summed E-state index contributed by atoms with van der Waals surface area (Å²) < 4.78 is 5.63. The maximum atomic E-state index is 12.6. The predicted molar refractivity (Wildman–Crippen MR) is 103 cm³/mol. The van der Waals surface area contributed by atoms with Gasteiger partial charge in [-0.05, 0) is 35.9 Å². The summed E-state index contributed by atoms with van der Waals surface area (Å²) in [6.45, 7) is 1.04.